The van der Waals surface area contributed by atoms with E-state index in [0.717, 1.165) is 5.56 Å². The van der Waals surface area contributed by atoms with Crippen LogP contribution in [-0.2, 0) is 4.79 Å². The van der Waals surface area contributed by atoms with Gasteiger partial charge >= 0.3 is 5.97 Å². The molecule has 1 aromatic rings. The van der Waals surface area contributed by atoms with Gasteiger partial charge in [-0.1, -0.05) is 24.6 Å². The van der Waals surface area contributed by atoms with Crippen molar-refractivity contribution in [3.63, 3.8) is 0 Å². The predicted molar refractivity (Wildman–Crippen MR) is 65.0 cm³/mol. The van der Waals surface area contributed by atoms with Crippen LogP contribution in [0.4, 0.5) is 0 Å². The van der Waals surface area contributed by atoms with Gasteiger partial charge in [-0.05, 0) is 25.5 Å². The quantitative estimate of drug-likeness (QED) is 0.867. The number of carbonyl (C=O) groups is 2. The first-order chi connectivity index (χ1) is 7.97. The van der Waals surface area contributed by atoms with E-state index in [1.165, 1.54) is 11.9 Å². The van der Waals surface area contributed by atoms with Crippen LogP contribution >= 0.6 is 0 Å². The monoisotopic (exact) mass is 235 g/mol. The van der Waals surface area contributed by atoms with Crippen LogP contribution in [0, 0.1) is 6.92 Å². The normalized spacial score (nSPS) is 11.9. The van der Waals surface area contributed by atoms with Gasteiger partial charge in [0, 0.05) is 12.6 Å². The number of amides is 1. The minimum atomic E-state index is -0.976. The fourth-order valence-corrected chi connectivity index (χ4v) is 1.74. The second-order valence-corrected chi connectivity index (χ2v) is 4.05. The third-order valence-corrected chi connectivity index (χ3v) is 2.72. The third kappa shape index (κ3) is 3.06. The van der Waals surface area contributed by atoms with Crippen molar-refractivity contribution in [2.45, 2.75) is 26.3 Å². The summed E-state index contributed by atoms with van der Waals surface area (Å²) in [6.07, 6.45) is 0.392. The number of benzene rings is 1. The molecule has 0 saturated heterocycles. The molecule has 0 spiro atoms. The zero-order valence-electron chi connectivity index (χ0n) is 10.3. The van der Waals surface area contributed by atoms with E-state index in [9.17, 15) is 9.59 Å². The molecule has 1 unspecified atom stereocenters. The Morgan fingerprint density at radius 1 is 1.41 bits per heavy atom. The smallest absolute Gasteiger partial charge is 0.326 e. The van der Waals surface area contributed by atoms with Crippen LogP contribution in [0.2, 0.25) is 0 Å². The molecular weight excluding hydrogens is 218 g/mol. The minimum absolute atomic E-state index is 0.261. The number of nitrogens with zero attached hydrogens (tertiary/aromatic N) is 1. The van der Waals surface area contributed by atoms with Crippen molar-refractivity contribution in [1.82, 2.24) is 4.90 Å². The van der Waals surface area contributed by atoms with Crippen molar-refractivity contribution in [1.29, 1.82) is 0 Å². The molecule has 1 N–H and O–H groups in total. The zero-order chi connectivity index (χ0) is 13.0. The van der Waals surface area contributed by atoms with Crippen LogP contribution in [-0.4, -0.2) is 35.0 Å². The van der Waals surface area contributed by atoms with Gasteiger partial charge in [-0.25, -0.2) is 4.79 Å². The largest absolute Gasteiger partial charge is 0.480 e. The number of hydrogen-bond acceptors (Lipinski definition) is 2. The zero-order valence-corrected chi connectivity index (χ0v) is 10.3. The van der Waals surface area contributed by atoms with Crippen molar-refractivity contribution in [2.75, 3.05) is 7.05 Å². The highest BCUT2D eigenvalue weighted by molar-refractivity contribution is 5.96. The molecule has 1 amide bonds. The first-order valence-electron chi connectivity index (χ1n) is 5.54. The fourth-order valence-electron chi connectivity index (χ4n) is 1.74. The van der Waals surface area contributed by atoms with E-state index in [4.69, 9.17) is 5.11 Å². The molecule has 0 aliphatic heterocycles. The Morgan fingerprint density at radius 3 is 2.53 bits per heavy atom. The van der Waals surface area contributed by atoms with Gasteiger partial charge in [-0.2, -0.15) is 0 Å². The van der Waals surface area contributed by atoms with Crippen molar-refractivity contribution in [3.8, 4) is 0 Å². The highest BCUT2D eigenvalue weighted by Gasteiger charge is 2.25. The molecular formula is C13H17NO3. The van der Waals surface area contributed by atoms with E-state index >= 15 is 0 Å². The molecule has 1 atom stereocenters. The summed E-state index contributed by atoms with van der Waals surface area (Å²) in [6.45, 7) is 3.64. The molecule has 0 saturated carbocycles. The average Bonchev–Trinajstić information content (AvgIpc) is 2.28. The van der Waals surface area contributed by atoms with E-state index in [2.05, 4.69) is 0 Å². The first-order valence-corrected chi connectivity index (χ1v) is 5.54. The maximum atomic E-state index is 12.1. The molecule has 0 aliphatic carbocycles. The standard InChI is InChI=1S/C13H17NO3/c1-4-11(13(16)17)14(3)12(15)10-7-5-6-9(2)8-10/h5-8,11H,4H2,1-3H3,(H,16,17). The predicted octanol–water partition coefficient (Wildman–Crippen LogP) is 1.93. The minimum Gasteiger partial charge on any atom is -0.480 e. The summed E-state index contributed by atoms with van der Waals surface area (Å²) < 4.78 is 0. The molecule has 0 aliphatic rings. The van der Waals surface area contributed by atoms with Gasteiger partial charge in [-0.3, -0.25) is 4.79 Å². The van der Waals surface area contributed by atoms with Crippen LogP contribution < -0.4 is 0 Å². The van der Waals surface area contributed by atoms with Gasteiger partial charge < -0.3 is 10.0 Å². The molecule has 92 valence electrons. The number of carbonyl (C=O) groups excluding carboxylic acids is 1. The average molecular weight is 235 g/mol. The first kappa shape index (κ1) is 13.2. The summed E-state index contributed by atoms with van der Waals surface area (Å²) in [7, 11) is 1.52. The summed E-state index contributed by atoms with van der Waals surface area (Å²) >= 11 is 0. The third-order valence-electron chi connectivity index (χ3n) is 2.72. The van der Waals surface area contributed by atoms with Crippen LogP contribution in [0.5, 0.6) is 0 Å². The van der Waals surface area contributed by atoms with Gasteiger partial charge in [0.15, 0.2) is 0 Å². The summed E-state index contributed by atoms with van der Waals surface area (Å²) in [6, 6.07) is 6.36. The van der Waals surface area contributed by atoms with Gasteiger partial charge in [0.1, 0.15) is 6.04 Å². The van der Waals surface area contributed by atoms with Crippen LogP contribution in [0.1, 0.15) is 29.3 Å². The maximum absolute atomic E-state index is 12.1. The van der Waals surface area contributed by atoms with Gasteiger partial charge in [0.2, 0.25) is 0 Å². The summed E-state index contributed by atoms with van der Waals surface area (Å²) in [5, 5.41) is 9.00. The van der Waals surface area contributed by atoms with Gasteiger partial charge in [0.05, 0.1) is 0 Å². The molecule has 1 aromatic carbocycles. The lowest BCUT2D eigenvalue weighted by molar-refractivity contribution is -0.142. The van der Waals surface area contributed by atoms with Crippen molar-refractivity contribution < 1.29 is 14.7 Å². The Labute approximate surface area is 101 Å². The lowest BCUT2D eigenvalue weighted by Crippen LogP contribution is -2.41. The van der Waals surface area contributed by atoms with Crippen molar-refractivity contribution in [3.05, 3.63) is 35.4 Å². The number of aliphatic carboxylic acids is 1. The van der Waals surface area contributed by atoms with E-state index in [0.29, 0.717) is 12.0 Å². The van der Waals surface area contributed by atoms with Crippen LogP contribution in [0.3, 0.4) is 0 Å². The topological polar surface area (TPSA) is 57.6 Å². The molecule has 1 rings (SSSR count). The summed E-state index contributed by atoms with van der Waals surface area (Å²) in [5.74, 6) is -1.24. The fraction of sp³-hybridized carbons (Fsp3) is 0.385. The number of aryl methyl sites for hydroxylation is 1. The number of likely N-dealkylation sites (N-methyl/N-ethyl adjacent to an activating group) is 1. The second kappa shape index (κ2) is 5.48. The van der Waals surface area contributed by atoms with E-state index < -0.39 is 12.0 Å². The van der Waals surface area contributed by atoms with E-state index in [1.54, 1.807) is 25.1 Å². The molecule has 4 heteroatoms. The Kier molecular flexibility index (Phi) is 4.26. The maximum Gasteiger partial charge on any atom is 0.326 e. The van der Waals surface area contributed by atoms with Gasteiger partial charge in [0.25, 0.3) is 5.91 Å². The van der Waals surface area contributed by atoms with E-state index in [-0.39, 0.29) is 5.91 Å². The number of rotatable bonds is 4. The second-order valence-electron chi connectivity index (χ2n) is 4.05. The van der Waals surface area contributed by atoms with Crippen LogP contribution in [0.15, 0.2) is 24.3 Å². The number of carboxylic acids is 1. The Balaban J connectivity index is 2.93. The lowest BCUT2D eigenvalue weighted by atomic mass is 10.1. The number of carboxylic acid groups (broad SMARTS) is 1. The van der Waals surface area contributed by atoms with Crippen molar-refractivity contribution >= 4 is 11.9 Å². The Hall–Kier alpha value is -1.84. The summed E-state index contributed by atoms with van der Waals surface area (Å²) in [4.78, 5) is 24.3. The highest BCUT2D eigenvalue weighted by Crippen LogP contribution is 2.11. The molecule has 4 nitrogen and oxygen atoms in total. The molecule has 0 bridgehead atoms. The van der Waals surface area contributed by atoms with Crippen molar-refractivity contribution in [2.24, 2.45) is 0 Å². The molecule has 0 heterocycles. The summed E-state index contributed by atoms with van der Waals surface area (Å²) in [5.41, 5.74) is 1.50. The SMILES string of the molecule is CCC(C(=O)O)N(C)C(=O)c1cccc(C)c1. The van der Waals surface area contributed by atoms with E-state index in [1.807, 2.05) is 13.0 Å². The molecule has 0 radical (unpaired) electrons. The Morgan fingerprint density at radius 2 is 2.06 bits per heavy atom. The van der Waals surface area contributed by atoms with Gasteiger partial charge in [-0.15, -0.1) is 0 Å². The van der Waals surface area contributed by atoms with Crippen LogP contribution in [0.25, 0.3) is 0 Å². The molecule has 17 heavy (non-hydrogen) atoms. The molecule has 0 fully saturated rings. The highest BCUT2D eigenvalue weighted by atomic mass is 16.4. The number of hydrogen-bond donors (Lipinski definition) is 1. The molecule has 0 aromatic heterocycles. The Bertz CT molecular complexity index is 428. The lowest BCUT2D eigenvalue weighted by Gasteiger charge is -2.23.